The lowest BCUT2D eigenvalue weighted by atomic mass is 9.95. The van der Waals surface area contributed by atoms with Gasteiger partial charge in [0, 0.05) is 33.2 Å². The smallest absolute Gasteiger partial charge is 0.289 e. The summed E-state index contributed by atoms with van der Waals surface area (Å²) < 4.78 is 5.19. The Bertz CT molecular complexity index is 529. The quantitative estimate of drug-likeness (QED) is 0.909. The molecular weight excluding hydrogens is 294 g/mol. The standard InChI is InChI=1S/C17H25N3O3/c1-18-16(21)15(13-5-2-3-6-13)19-8-10-20(11-9-19)17(22)14-7-4-12-23-14/h4,7,12-13,15H,2-3,5-6,8-11H2,1H3,(H,18,21). The topological polar surface area (TPSA) is 65.8 Å². The lowest BCUT2D eigenvalue weighted by Crippen LogP contribution is -2.57. The second-order valence-electron chi connectivity index (χ2n) is 6.41. The maximum atomic E-state index is 12.4. The zero-order valence-electron chi connectivity index (χ0n) is 13.7. The number of hydrogen-bond donors (Lipinski definition) is 1. The molecule has 2 fully saturated rings. The van der Waals surface area contributed by atoms with Crippen LogP contribution in [0.1, 0.15) is 36.2 Å². The molecule has 1 unspecified atom stereocenters. The van der Waals surface area contributed by atoms with E-state index in [9.17, 15) is 9.59 Å². The first kappa shape index (κ1) is 16.1. The van der Waals surface area contributed by atoms with E-state index in [1.165, 1.54) is 19.1 Å². The molecule has 6 nitrogen and oxygen atoms in total. The molecule has 1 atom stereocenters. The Morgan fingerprint density at radius 3 is 2.48 bits per heavy atom. The molecule has 1 saturated heterocycles. The van der Waals surface area contributed by atoms with Crippen LogP contribution in [0.15, 0.2) is 22.8 Å². The number of rotatable bonds is 4. The van der Waals surface area contributed by atoms with Crippen LogP contribution in [0, 0.1) is 5.92 Å². The van der Waals surface area contributed by atoms with E-state index in [4.69, 9.17) is 4.42 Å². The molecule has 1 aliphatic carbocycles. The minimum atomic E-state index is -0.0630. The highest BCUT2D eigenvalue weighted by Gasteiger charge is 2.37. The van der Waals surface area contributed by atoms with Gasteiger partial charge in [0.25, 0.3) is 5.91 Å². The molecule has 1 N–H and O–H groups in total. The van der Waals surface area contributed by atoms with Crippen molar-refractivity contribution in [2.24, 2.45) is 5.92 Å². The average molecular weight is 319 g/mol. The van der Waals surface area contributed by atoms with E-state index < -0.39 is 0 Å². The van der Waals surface area contributed by atoms with E-state index in [2.05, 4.69) is 10.2 Å². The van der Waals surface area contributed by atoms with Crippen molar-refractivity contribution in [1.29, 1.82) is 0 Å². The molecule has 0 radical (unpaired) electrons. The summed E-state index contributed by atoms with van der Waals surface area (Å²) in [5, 5.41) is 2.82. The third-order valence-electron chi connectivity index (χ3n) is 5.09. The van der Waals surface area contributed by atoms with Crippen LogP contribution < -0.4 is 5.32 Å². The number of carbonyl (C=O) groups is 2. The lowest BCUT2D eigenvalue weighted by Gasteiger charge is -2.40. The number of carbonyl (C=O) groups excluding carboxylic acids is 2. The largest absolute Gasteiger partial charge is 0.459 e. The van der Waals surface area contributed by atoms with Crippen LogP contribution in [0.25, 0.3) is 0 Å². The van der Waals surface area contributed by atoms with Crippen LogP contribution in [0.5, 0.6) is 0 Å². The van der Waals surface area contributed by atoms with Crippen LogP contribution in [0.2, 0.25) is 0 Å². The maximum Gasteiger partial charge on any atom is 0.289 e. The first-order valence-corrected chi connectivity index (χ1v) is 8.49. The van der Waals surface area contributed by atoms with Gasteiger partial charge in [-0.15, -0.1) is 0 Å². The summed E-state index contributed by atoms with van der Waals surface area (Å²) in [6.45, 7) is 2.75. The van der Waals surface area contributed by atoms with E-state index in [1.807, 2.05) is 4.90 Å². The van der Waals surface area contributed by atoms with Crippen molar-refractivity contribution >= 4 is 11.8 Å². The molecule has 1 aromatic heterocycles. The zero-order chi connectivity index (χ0) is 16.2. The predicted molar refractivity (Wildman–Crippen MR) is 86.0 cm³/mol. The fraction of sp³-hybridized carbons (Fsp3) is 0.647. The minimum absolute atomic E-state index is 0.0524. The fourth-order valence-electron chi connectivity index (χ4n) is 3.86. The van der Waals surface area contributed by atoms with Crippen molar-refractivity contribution in [3.8, 4) is 0 Å². The Hall–Kier alpha value is -1.82. The number of likely N-dealkylation sites (N-methyl/N-ethyl adjacent to an activating group) is 1. The van der Waals surface area contributed by atoms with E-state index >= 15 is 0 Å². The second kappa shape index (κ2) is 7.17. The number of piperazine rings is 1. The SMILES string of the molecule is CNC(=O)C(C1CCCC1)N1CCN(C(=O)c2ccco2)CC1. The van der Waals surface area contributed by atoms with Crippen LogP contribution in [0.3, 0.4) is 0 Å². The van der Waals surface area contributed by atoms with Gasteiger partial charge < -0.3 is 14.6 Å². The lowest BCUT2D eigenvalue weighted by molar-refractivity contribution is -0.128. The number of furan rings is 1. The highest BCUT2D eigenvalue weighted by atomic mass is 16.3. The summed E-state index contributed by atoms with van der Waals surface area (Å²) in [5.74, 6) is 0.883. The summed E-state index contributed by atoms with van der Waals surface area (Å²) in [6.07, 6.45) is 6.21. The van der Waals surface area contributed by atoms with Gasteiger partial charge >= 0.3 is 0 Å². The molecule has 2 aliphatic rings. The summed E-state index contributed by atoms with van der Waals surface area (Å²) in [6, 6.07) is 3.37. The van der Waals surface area contributed by atoms with Gasteiger partial charge in [-0.2, -0.15) is 0 Å². The van der Waals surface area contributed by atoms with Crippen molar-refractivity contribution in [2.45, 2.75) is 31.7 Å². The van der Waals surface area contributed by atoms with Crippen LogP contribution in [0.4, 0.5) is 0 Å². The summed E-state index contributed by atoms with van der Waals surface area (Å²) in [5.41, 5.74) is 0. The van der Waals surface area contributed by atoms with Gasteiger partial charge in [0.05, 0.1) is 12.3 Å². The zero-order valence-corrected chi connectivity index (χ0v) is 13.7. The number of nitrogens with zero attached hydrogens (tertiary/aromatic N) is 2. The molecule has 0 aromatic carbocycles. The number of nitrogens with one attached hydrogen (secondary N) is 1. The van der Waals surface area contributed by atoms with Gasteiger partial charge in [-0.25, -0.2) is 0 Å². The predicted octanol–water partition coefficient (Wildman–Crippen LogP) is 1.34. The van der Waals surface area contributed by atoms with E-state index in [1.54, 1.807) is 19.2 Å². The van der Waals surface area contributed by atoms with E-state index in [0.29, 0.717) is 24.8 Å². The van der Waals surface area contributed by atoms with Gasteiger partial charge in [-0.1, -0.05) is 12.8 Å². The summed E-state index contributed by atoms with van der Waals surface area (Å²) >= 11 is 0. The first-order valence-electron chi connectivity index (χ1n) is 8.49. The van der Waals surface area contributed by atoms with Gasteiger partial charge in [-0.05, 0) is 30.9 Å². The summed E-state index contributed by atoms with van der Waals surface area (Å²) in [7, 11) is 1.71. The molecule has 1 aliphatic heterocycles. The van der Waals surface area contributed by atoms with Crippen molar-refractivity contribution in [1.82, 2.24) is 15.1 Å². The van der Waals surface area contributed by atoms with Gasteiger partial charge in [0.2, 0.25) is 5.91 Å². The van der Waals surface area contributed by atoms with Crippen molar-refractivity contribution in [2.75, 3.05) is 33.2 Å². The monoisotopic (exact) mass is 319 g/mol. The van der Waals surface area contributed by atoms with E-state index in [0.717, 1.165) is 25.9 Å². The highest BCUT2D eigenvalue weighted by molar-refractivity contribution is 5.91. The first-order chi connectivity index (χ1) is 11.2. The van der Waals surface area contributed by atoms with Crippen molar-refractivity contribution in [3.63, 3.8) is 0 Å². The van der Waals surface area contributed by atoms with Gasteiger partial charge in [0.15, 0.2) is 5.76 Å². The normalized spacial score (nSPS) is 21.3. The molecule has 2 amide bonds. The Kier molecular flexibility index (Phi) is 5.00. The average Bonchev–Trinajstić information content (AvgIpc) is 3.28. The third kappa shape index (κ3) is 3.42. The molecule has 6 heteroatoms. The molecule has 126 valence electrons. The molecule has 0 spiro atoms. The fourth-order valence-corrected chi connectivity index (χ4v) is 3.86. The molecule has 23 heavy (non-hydrogen) atoms. The Labute approximate surface area is 136 Å². The van der Waals surface area contributed by atoms with Gasteiger partial charge in [0.1, 0.15) is 0 Å². The Morgan fingerprint density at radius 2 is 1.91 bits per heavy atom. The summed E-state index contributed by atoms with van der Waals surface area (Å²) in [4.78, 5) is 28.7. The van der Waals surface area contributed by atoms with Crippen LogP contribution in [-0.4, -0.2) is 60.9 Å². The highest BCUT2D eigenvalue weighted by Crippen LogP contribution is 2.31. The molecule has 1 aromatic rings. The molecule has 1 saturated carbocycles. The second-order valence-corrected chi connectivity index (χ2v) is 6.41. The van der Waals surface area contributed by atoms with Crippen molar-refractivity contribution < 1.29 is 14.0 Å². The molecule has 3 rings (SSSR count). The minimum Gasteiger partial charge on any atom is -0.459 e. The number of amides is 2. The number of hydrogen-bond acceptors (Lipinski definition) is 4. The third-order valence-corrected chi connectivity index (χ3v) is 5.09. The maximum absolute atomic E-state index is 12.4. The Morgan fingerprint density at radius 1 is 1.22 bits per heavy atom. The molecular formula is C17H25N3O3. The molecule has 2 heterocycles. The van der Waals surface area contributed by atoms with E-state index in [-0.39, 0.29) is 17.9 Å². The van der Waals surface area contributed by atoms with Gasteiger partial charge in [-0.3, -0.25) is 14.5 Å². The Balaban J connectivity index is 1.62. The molecule has 0 bridgehead atoms. The van der Waals surface area contributed by atoms with Crippen LogP contribution >= 0.6 is 0 Å². The van der Waals surface area contributed by atoms with Crippen molar-refractivity contribution in [3.05, 3.63) is 24.2 Å². The van der Waals surface area contributed by atoms with Crippen LogP contribution in [-0.2, 0) is 4.79 Å².